The molecule has 3 nitrogen and oxygen atoms in total. The molecule has 88 valence electrons. The third kappa shape index (κ3) is 3.57. The van der Waals surface area contributed by atoms with Crippen molar-refractivity contribution in [1.82, 2.24) is 0 Å². The standard InChI is InChI=1S/C12H10FNO2S/c13-10-6-11(17-8-10)14-12(15)16-7-9-4-2-1-3-5-9/h1-6,8H,7H2,(H,14,15). The molecule has 0 aliphatic rings. The Morgan fingerprint density at radius 3 is 2.76 bits per heavy atom. The molecular formula is C12H10FNO2S. The van der Waals surface area contributed by atoms with Crippen LogP contribution in [0.5, 0.6) is 0 Å². The van der Waals surface area contributed by atoms with Crippen molar-refractivity contribution in [1.29, 1.82) is 0 Å². The second-order valence-corrected chi connectivity index (χ2v) is 4.23. The number of ether oxygens (including phenoxy) is 1. The zero-order valence-corrected chi connectivity index (χ0v) is 9.67. The van der Waals surface area contributed by atoms with Crippen molar-refractivity contribution < 1.29 is 13.9 Å². The number of carbonyl (C=O) groups is 1. The monoisotopic (exact) mass is 251 g/mol. The van der Waals surface area contributed by atoms with E-state index in [4.69, 9.17) is 4.74 Å². The Morgan fingerprint density at radius 2 is 2.12 bits per heavy atom. The van der Waals surface area contributed by atoms with Crippen molar-refractivity contribution in [2.75, 3.05) is 5.32 Å². The third-order valence-electron chi connectivity index (χ3n) is 2.01. The van der Waals surface area contributed by atoms with Gasteiger partial charge in [-0.25, -0.2) is 9.18 Å². The normalized spacial score (nSPS) is 9.94. The molecule has 0 fully saturated rings. The Labute approximate surface area is 102 Å². The van der Waals surface area contributed by atoms with E-state index in [0.29, 0.717) is 5.00 Å². The molecule has 2 aromatic rings. The highest BCUT2D eigenvalue weighted by Gasteiger charge is 2.05. The fraction of sp³-hybridized carbons (Fsp3) is 0.0833. The van der Waals surface area contributed by atoms with Gasteiger partial charge in [0.2, 0.25) is 0 Å². The van der Waals surface area contributed by atoms with Gasteiger partial charge in [0, 0.05) is 11.4 Å². The lowest BCUT2D eigenvalue weighted by molar-refractivity contribution is 0.155. The zero-order valence-electron chi connectivity index (χ0n) is 8.85. The third-order valence-corrected chi connectivity index (χ3v) is 2.82. The average molecular weight is 251 g/mol. The van der Waals surface area contributed by atoms with Crippen LogP contribution in [0.1, 0.15) is 5.56 Å². The van der Waals surface area contributed by atoms with Crippen LogP contribution in [0.15, 0.2) is 41.8 Å². The predicted octanol–water partition coefficient (Wildman–Crippen LogP) is 3.64. The number of benzene rings is 1. The van der Waals surface area contributed by atoms with E-state index >= 15 is 0 Å². The van der Waals surface area contributed by atoms with Crippen molar-refractivity contribution in [2.45, 2.75) is 6.61 Å². The first-order valence-corrected chi connectivity index (χ1v) is 5.84. The van der Waals surface area contributed by atoms with Gasteiger partial charge in [0.1, 0.15) is 17.4 Å². The number of rotatable bonds is 3. The minimum atomic E-state index is -0.587. The SMILES string of the molecule is O=C(Nc1cc(F)cs1)OCc1ccccc1. The Hall–Kier alpha value is -1.88. The number of halogens is 1. The number of nitrogens with one attached hydrogen (secondary N) is 1. The Kier molecular flexibility index (Phi) is 3.72. The summed E-state index contributed by atoms with van der Waals surface area (Å²) in [6.45, 7) is 0.195. The first-order chi connectivity index (χ1) is 8.24. The summed E-state index contributed by atoms with van der Waals surface area (Å²) in [5.74, 6) is -0.367. The van der Waals surface area contributed by atoms with Gasteiger partial charge >= 0.3 is 6.09 Å². The van der Waals surface area contributed by atoms with Crippen molar-refractivity contribution in [2.24, 2.45) is 0 Å². The highest BCUT2D eigenvalue weighted by Crippen LogP contribution is 2.19. The topological polar surface area (TPSA) is 38.3 Å². The molecule has 0 atom stereocenters. The first-order valence-electron chi connectivity index (χ1n) is 4.96. The second kappa shape index (κ2) is 5.45. The number of hydrogen-bond acceptors (Lipinski definition) is 3. The van der Waals surface area contributed by atoms with Crippen molar-refractivity contribution in [3.05, 3.63) is 53.2 Å². The summed E-state index contributed by atoms with van der Waals surface area (Å²) in [5, 5.41) is 4.19. The van der Waals surface area contributed by atoms with Gasteiger partial charge in [0.05, 0.1) is 0 Å². The van der Waals surface area contributed by atoms with Gasteiger partial charge in [-0.1, -0.05) is 30.3 Å². The van der Waals surface area contributed by atoms with Crippen LogP contribution in [-0.2, 0) is 11.3 Å². The van der Waals surface area contributed by atoms with E-state index < -0.39 is 6.09 Å². The van der Waals surface area contributed by atoms with Gasteiger partial charge in [-0.15, -0.1) is 11.3 Å². The molecule has 0 saturated heterocycles. The lowest BCUT2D eigenvalue weighted by Gasteiger charge is -2.04. The second-order valence-electron chi connectivity index (χ2n) is 3.32. The maximum atomic E-state index is 12.6. The molecule has 0 bridgehead atoms. The Balaban J connectivity index is 1.82. The molecule has 0 saturated carbocycles. The number of hydrogen-bond donors (Lipinski definition) is 1. The fourth-order valence-corrected chi connectivity index (χ4v) is 1.87. The molecule has 17 heavy (non-hydrogen) atoms. The van der Waals surface area contributed by atoms with Gasteiger partial charge in [-0.05, 0) is 5.56 Å². The van der Waals surface area contributed by atoms with E-state index in [2.05, 4.69) is 5.32 Å². The average Bonchev–Trinajstić information content (AvgIpc) is 2.73. The summed E-state index contributed by atoms with van der Waals surface area (Å²) in [5.41, 5.74) is 0.903. The van der Waals surface area contributed by atoms with Crippen LogP contribution in [0.3, 0.4) is 0 Å². The summed E-state index contributed by atoms with van der Waals surface area (Å²) in [6, 6.07) is 10.6. The smallest absolute Gasteiger partial charge is 0.412 e. The summed E-state index contributed by atoms with van der Waals surface area (Å²) in [7, 11) is 0. The maximum Gasteiger partial charge on any atom is 0.412 e. The van der Waals surface area contributed by atoms with E-state index in [0.717, 1.165) is 16.9 Å². The van der Waals surface area contributed by atoms with Gasteiger partial charge in [0.25, 0.3) is 0 Å². The van der Waals surface area contributed by atoms with Crippen molar-refractivity contribution in [3.63, 3.8) is 0 Å². The van der Waals surface area contributed by atoms with Crippen molar-refractivity contribution >= 4 is 22.4 Å². The van der Waals surface area contributed by atoms with Gasteiger partial charge in [0.15, 0.2) is 0 Å². The molecule has 0 aliphatic carbocycles. The molecule has 1 heterocycles. The number of carbonyl (C=O) groups excluding carboxylic acids is 1. The van der Waals surface area contributed by atoms with Crippen molar-refractivity contribution in [3.8, 4) is 0 Å². The molecule has 0 aliphatic heterocycles. The Bertz CT molecular complexity index is 498. The summed E-state index contributed by atoms with van der Waals surface area (Å²) >= 11 is 1.11. The molecule has 5 heteroatoms. The summed E-state index contributed by atoms with van der Waals surface area (Å²) in [4.78, 5) is 11.3. The molecule has 1 aromatic carbocycles. The molecule has 2 rings (SSSR count). The molecule has 0 spiro atoms. The summed E-state index contributed by atoms with van der Waals surface area (Å²) in [6.07, 6.45) is -0.587. The Morgan fingerprint density at radius 1 is 1.35 bits per heavy atom. The number of thiophene rings is 1. The van der Waals surface area contributed by atoms with Gasteiger partial charge in [-0.2, -0.15) is 0 Å². The molecule has 1 N–H and O–H groups in total. The molecule has 1 amide bonds. The van der Waals surface area contributed by atoms with Crippen LogP contribution in [-0.4, -0.2) is 6.09 Å². The van der Waals surface area contributed by atoms with Crippen LogP contribution in [0.4, 0.5) is 14.2 Å². The maximum absolute atomic E-state index is 12.6. The summed E-state index contributed by atoms with van der Waals surface area (Å²) < 4.78 is 17.6. The van der Waals surface area contributed by atoms with Crippen LogP contribution in [0.25, 0.3) is 0 Å². The van der Waals surface area contributed by atoms with E-state index in [1.54, 1.807) is 0 Å². The van der Waals surface area contributed by atoms with Crippen LogP contribution in [0.2, 0.25) is 0 Å². The van der Waals surface area contributed by atoms with Crippen LogP contribution >= 0.6 is 11.3 Å². The first kappa shape index (κ1) is 11.6. The van der Waals surface area contributed by atoms with Gasteiger partial charge < -0.3 is 4.74 Å². The van der Waals surface area contributed by atoms with E-state index in [1.165, 1.54) is 11.4 Å². The molecular weight excluding hydrogens is 241 g/mol. The van der Waals surface area contributed by atoms with E-state index in [9.17, 15) is 9.18 Å². The highest BCUT2D eigenvalue weighted by atomic mass is 32.1. The zero-order chi connectivity index (χ0) is 12.1. The molecule has 0 radical (unpaired) electrons. The highest BCUT2D eigenvalue weighted by molar-refractivity contribution is 7.14. The predicted molar refractivity (Wildman–Crippen MR) is 64.5 cm³/mol. The van der Waals surface area contributed by atoms with E-state index in [1.807, 2.05) is 30.3 Å². The van der Waals surface area contributed by atoms with Crippen LogP contribution < -0.4 is 5.32 Å². The van der Waals surface area contributed by atoms with Gasteiger partial charge in [-0.3, -0.25) is 5.32 Å². The molecule has 0 unspecified atom stereocenters. The number of amides is 1. The fourth-order valence-electron chi connectivity index (χ4n) is 1.24. The number of anilines is 1. The largest absolute Gasteiger partial charge is 0.444 e. The minimum Gasteiger partial charge on any atom is -0.444 e. The lowest BCUT2D eigenvalue weighted by Crippen LogP contribution is -2.12. The molecule has 1 aromatic heterocycles. The van der Waals surface area contributed by atoms with E-state index in [-0.39, 0.29) is 12.4 Å². The lowest BCUT2D eigenvalue weighted by atomic mass is 10.2. The van der Waals surface area contributed by atoms with Crippen LogP contribution in [0, 0.1) is 5.82 Å². The minimum absolute atomic E-state index is 0.195. The quantitative estimate of drug-likeness (QED) is 0.904.